The average Bonchev–Trinajstić information content (AvgIpc) is 2.53. The fourth-order valence-electron chi connectivity index (χ4n) is 2.07. The van der Waals surface area contributed by atoms with Crippen molar-refractivity contribution < 1.29 is 13.5 Å². The van der Waals surface area contributed by atoms with Gasteiger partial charge in [-0.25, -0.2) is 18.8 Å². The molecule has 1 heterocycles. The Balaban J connectivity index is 2.18. The van der Waals surface area contributed by atoms with Crippen LogP contribution in [0.5, 0.6) is 6.01 Å². The Labute approximate surface area is 140 Å². The first-order chi connectivity index (χ1) is 11.4. The molecule has 2 aromatic rings. The summed E-state index contributed by atoms with van der Waals surface area (Å²) in [5, 5.41) is 0. The second kappa shape index (κ2) is 7.81. The summed E-state index contributed by atoms with van der Waals surface area (Å²) < 4.78 is 32.2. The van der Waals surface area contributed by atoms with Gasteiger partial charge in [-0.15, -0.1) is 0 Å². The number of halogens is 2. The Kier molecular flexibility index (Phi) is 5.78. The normalized spacial score (nSPS) is 11.7. The minimum atomic E-state index is -0.621. The van der Waals surface area contributed by atoms with E-state index in [4.69, 9.17) is 4.74 Å². The fourth-order valence-corrected chi connectivity index (χ4v) is 2.07. The van der Waals surface area contributed by atoms with Crippen LogP contribution < -0.4 is 4.74 Å². The Bertz CT molecular complexity index is 705. The number of rotatable bonds is 5. The van der Waals surface area contributed by atoms with Crippen LogP contribution in [-0.4, -0.2) is 34.8 Å². The summed E-state index contributed by atoms with van der Waals surface area (Å²) in [6, 6.07) is 5.89. The maximum Gasteiger partial charge on any atom is 0.318 e. The quantitative estimate of drug-likeness (QED) is 0.619. The number of amidine groups is 1. The van der Waals surface area contributed by atoms with Gasteiger partial charge in [0.15, 0.2) is 11.6 Å². The largest absolute Gasteiger partial charge is 0.459 e. The van der Waals surface area contributed by atoms with Gasteiger partial charge in [-0.1, -0.05) is 26.0 Å². The van der Waals surface area contributed by atoms with Crippen LogP contribution in [0.4, 0.5) is 14.6 Å². The van der Waals surface area contributed by atoms with Crippen molar-refractivity contribution in [3.63, 3.8) is 0 Å². The van der Waals surface area contributed by atoms with Gasteiger partial charge < -0.3 is 9.64 Å². The number of hydrogen-bond acceptors (Lipinski definition) is 4. The van der Waals surface area contributed by atoms with E-state index in [0.717, 1.165) is 11.8 Å². The molecule has 1 aromatic heterocycles. The zero-order valence-electron chi connectivity index (χ0n) is 14.1. The molecule has 0 aliphatic rings. The zero-order valence-corrected chi connectivity index (χ0v) is 14.1. The second-order valence-electron chi connectivity index (χ2n) is 5.76. The first-order valence-corrected chi connectivity index (χ1v) is 7.52. The van der Waals surface area contributed by atoms with Crippen molar-refractivity contribution in [2.24, 2.45) is 10.9 Å². The molecule has 0 bridgehead atoms. The van der Waals surface area contributed by atoms with Crippen LogP contribution in [-0.2, 0) is 6.61 Å². The van der Waals surface area contributed by atoms with Gasteiger partial charge in [0, 0.05) is 20.0 Å². The first-order valence-electron chi connectivity index (χ1n) is 7.52. The number of hydrogen-bond donors (Lipinski definition) is 0. The standard InChI is InChI=1S/C17H20F2N4O/c1-11(2)16(23(3)4)21-15-14(19)9-20-17(22-15)24-10-12-5-7-13(18)8-6-12/h5-9,11H,10H2,1-4H3/b21-16+. The molecule has 0 aliphatic carbocycles. The first kappa shape index (κ1) is 17.8. The summed E-state index contributed by atoms with van der Waals surface area (Å²) in [6.45, 7) is 4.08. The molecular formula is C17H20F2N4O. The van der Waals surface area contributed by atoms with E-state index in [2.05, 4.69) is 15.0 Å². The molecule has 2 rings (SSSR count). The fraction of sp³-hybridized carbons (Fsp3) is 0.353. The summed E-state index contributed by atoms with van der Waals surface area (Å²) in [5.41, 5.74) is 0.755. The van der Waals surface area contributed by atoms with Gasteiger partial charge in [-0.3, -0.25) is 0 Å². The maximum absolute atomic E-state index is 13.9. The average molecular weight is 334 g/mol. The number of nitrogens with zero attached hydrogens (tertiary/aromatic N) is 4. The van der Waals surface area contributed by atoms with E-state index in [1.807, 2.05) is 32.8 Å². The van der Waals surface area contributed by atoms with Gasteiger partial charge in [0.1, 0.15) is 18.3 Å². The Morgan fingerprint density at radius 3 is 2.46 bits per heavy atom. The van der Waals surface area contributed by atoms with Crippen LogP contribution in [0.25, 0.3) is 0 Å². The molecule has 0 radical (unpaired) electrons. The van der Waals surface area contributed by atoms with Crippen LogP contribution >= 0.6 is 0 Å². The van der Waals surface area contributed by atoms with Crippen molar-refractivity contribution in [2.75, 3.05) is 14.1 Å². The molecule has 1 aromatic carbocycles. The molecule has 0 saturated heterocycles. The van der Waals surface area contributed by atoms with Gasteiger partial charge in [0.2, 0.25) is 0 Å². The van der Waals surface area contributed by atoms with E-state index in [1.165, 1.54) is 12.1 Å². The molecule has 128 valence electrons. The number of aliphatic imine (C=N–C) groups is 1. The van der Waals surface area contributed by atoms with Crippen molar-refractivity contribution >= 4 is 11.7 Å². The third-order valence-electron chi connectivity index (χ3n) is 3.18. The van der Waals surface area contributed by atoms with Crippen LogP contribution in [0.2, 0.25) is 0 Å². The molecule has 0 unspecified atom stereocenters. The Hall–Kier alpha value is -2.57. The topological polar surface area (TPSA) is 50.6 Å². The lowest BCUT2D eigenvalue weighted by molar-refractivity contribution is 0.279. The molecule has 0 saturated carbocycles. The molecule has 7 heteroatoms. The van der Waals surface area contributed by atoms with Gasteiger partial charge in [0.25, 0.3) is 0 Å². The molecule has 0 amide bonds. The van der Waals surface area contributed by atoms with Crippen molar-refractivity contribution in [1.29, 1.82) is 0 Å². The predicted molar refractivity (Wildman–Crippen MR) is 88.3 cm³/mol. The molecular weight excluding hydrogens is 314 g/mol. The highest BCUT2D eigenvalue weighted by molar-refractivity contribution is 5.85. The minimum absolute atomic E-state index is 0.0151. The van der Waals surface area contributed by atoms with E-state index >= 15 is 0 Å². The zero-order chi connectivity index (χ0) is 17.7. The highest BCUT2D eigenvalue weighted by Gasteiger charge is 2.12. The minimum Gasteiger partial charge on any atom is -0.459 e. The highest BCUT2D eigenvalue weighted by Crippen LogP contribution is 2.19. The van der Waals surface area contributed by atoms with Crippen LogP contribution in [0.15, 0.2) is 35.5 Å². The summed E-state index contributed by atoms with van der Waals surface area (Å²) in [7, 11) is 3.67. The smallest absolute Gasteiger partial charge is 0.318 e. The molecule has 0 fully saturated rings. The molecule has 5 nitrogen and oxygen atoms in total. The molecule has 0 aliphatic heterocycles. The summed E-state index contributed by atoms with van der Waals surface area (Å²) in [6.07, 6.45) is 1.03. The van der Waals surface area contributed by atoms with Gasteiger partial charge in [-0.05, 0) is 17.7 Å². The third-order valence-corrected chi connectivity index (χ3v) is 3.18. The highest BCUT2D eigenvalue weighted by atomic mass is 19.1. The summed E-state index contributed by atoms with van der Waals surface area (Å²) in [5.74, 6) is -0.214. The molecule has 0 N–H and O–H groups in total. The third kappa shape index (κ3) is 4.71. The van der Waals surface area contributed by atoms with E-state index in [0.29, 0.717) is 5.84 Å². The van der Waals surface area contributed by atoms with Crippen LogP contribution in [0.3, 0.4) is 0 Å². The van der Waals surface area contributed by atoms with Crippen LogP contribution in [0.1, 0.15) is 19.4 Å². The van der Waals surface area contributed by atoms with Crippen molar-refractivity contribution in [1.82, 2.24) is 14.9 Å². The lowest BCUT2D eigenvalue weighted by atomic mass is 10.2. The Morgan fingerprint density at radius 2 is 1.88 bits per heavy atom. The monoisotopic (exact) mass is 334 g/mol. The van der Waals surface area contributed by atoms with Crippen LogP contribution in [0, 0.1) is 17.6 Å². The van der Waals surface area contributed by atoms with Crippen molar-refractivity contribution in [2.45, 2.75) is 20.5 Å². The van der Waals surface area contributed by atoms with E-state index in [1.54, 1.807) is 12.1 Å². The van der Waals surface area contributed by atoms with Gasteiger partial charge in [0.05, 0.1) is 6.20 Å². The van der Waals surface area contributed by atoms with Gasteiger partial charge in [-0.2, -0.15) is 4.98 Å². The lowest BCUT2D eigenvalue weighted by Gasteiger charge is -2.18. The predicted octanol–water partition coefficient (Wildman–Crippen LogP) is 3.58. The second-order valence-corrected chi connectivity index (χ2v) is 5.76. The van der Waals surface area contributed by atoms with E-state index in [9.17, 15) is 8.78 Å². The van der Waals surface area contributed by atoms with Gasteiger partial charge >= 0.3 is 6.01 Å². The number of aromatic nitrogens is 2. The summed E-state index contributed by atoms with van der Waals surface area (Å²) in [4.78, 5) is 13.9. The molecule has 0 spiro atoms. The molecule has 24 heavy (non-hydrogen) atoms. The summed E-state index contributed by atoms with van der Waals surface area (Å²) >= 11 is 0. The van der Waals surface area contributed by atoms with E-state index in [-0.39, 0.29) is 30.2 Å². The van der Waals surface area contributed by atoms with Crippen molar-refractivity contribution in [3.8, 4) is 6.01 Å². The van der Waals surface area contributed by atoms with E-state index < -0.39 is 5.82 Å². The van der Waals surface area contributed by atoms with Crippen molar-refractivity contribution in [3.05, 3.63) is 47.7 Å². The Morgan fingerprint density at radius 1 is 1.21 bits per heavy atom. The number of ether oxygens (including phenoxy) is 1. The molecule has 0 atom stereocenters. The SMILES string of the molecule is CC(C)/C(=N\c1nc(OCc2ccc(F)cc2)ncc1F)N(C)C. The lowest BCUT2D eigenvalue weighted by Crippen LogP contribution is -2.26. The number of benzene rings is 1. The maximum atomic E-state index is 13.9.